The molecule has 4 nitrogen and oxygen atoms in total. The van der Waals surface area contributed by atoms with Crippen LogP contribution in [0.3, 0.4) is 0 Å². The number of ether oxygens (including phenoxy) is 2. The number of hydrogen-bond acceptors (Lipinski definition) is 4. The first-order valence-electron chi connectivity index (χ1n) is 6.55. The zero-order valence-electron chi connectivity index (χ0n) is 11.6. The molecule has 0 N–H and O–H groups in total. The van der Waals surface area contributed by atoms with Crippen LogP contribution in [0.4, 0.5) is 0 Å². The summed E-state index contributed by atoms with van der Waals surface area (Å²) in [4.78, 5) is 15.8. The standard InChI is InChI=1S/C16H17NO3/c1-3-19-16(18)13-7-9-14(10-8-13)20-12(2)15-6-4-5-11-17-15/h4-12H,3H2,1-2H3. The lowest BCUT2D eigenvalue weighted by Gasteiger charge is -2.14. The Morgan fingerprint density at radius 3 is 2.55 bits per heavy atom. The van der Waals surface area contributed by atoms with Crippen LogP contribution in [0, 0.1) is 0 Å². The highest BCUT2D eigenvalue weighted by molar-refractivity contribution is 5.89. The largest absolute Gasteiger partial charge is 0.484 e. The van der Waals surface area contributed by atoms with Crippen molar-refractivity contribution in [1.29, 1.82) is 0 Å². The first kappa shape index (κ1) is 14.1. The minimum absolute atomic E-state index is 0.148. The van der Waals surface area contributed by atoms with Crippen LogP contribution in [0.5, 0.6) is 5.75 Å². The van der Waals surface area contributed by atoms with Crippen molar-refractivity contribution in [3.8, 4) is 5.75 Å². The summed E-state index contributed by atoms with van der Waals surface area (Å²) in [6, 6.07) is 12.6. The van der Waals surface area contributed by atoms with Crippen LogP contribution in [-0.2, 0) is 4.74 Å². The number of nitrogens with zero attached hydrogens (tertiary/aromatic N) is 1. The highest BCUT2D eigenvalue weighted by atomic mass is 16.5. The van der Waals surface area contributed by atoms with E-state index in [1.807, 2.05) is 25.1 Å². The van der Waals surface area contributed by atoms with E-state index in [2.05, 4.69) is 4.98 Å². The lowest BCUT2D eigenvalue weighted by atomic mass is 10.2. The summed E-state index contributed by atoms with van der Waals surface area (Å²) in [7, 11) is 0. The molecule has 0 saturated carbocycles. The molecule has 0 fully saturated rings. The second kappa shape index (κ2) is 6.70. The van der Waals surface area contributed by atoms with Gasteiger partial charge in [0.05, 0.1) is 17.9 Å². The maximum atomic E-state index is 11.5. The Morgan fingerprint density at radius 1 is 1.20 bits per heavy atom. The van der Waals surface area contributed by atoms with Gasteiger partial charge in [-0.15, -0.1) is 0 Å². The Kier molecular flexibility index (Phi) is 4.71. The van der Waals surface area contributed by atoms with Gasteiger partial charge in [-0.2, -0.15) is 0 Å². The van der Waals surface area contributed by atoms with Gasteiger partial charge in [-0.3, -0.25) is 4.98 Å². The molecule has 1 unspecified atom stereocenters. The van der Waals surface area contributed by atoms with Crippen LogP contribution < -0.4 is 4.74 Å². The Morgan fingerprint density at radius 2 is 1.95 bits per heavy atom. The van der Waals surface area contributed by atoms with E-state index in [-0.39, 0.29) is 12.1 Å². The summed E-state index contributed by atoms with van der Waals surface area (Å²) in [5.74, 6) is 0.369. The number of hydrogen-bond donors (Lipinski definition) is 0. The summed E-state index contributed by atoms with van der Waals surface area (Å²) in [5.41, 5.74) is 1.38. The fraction of sp³-hybridized carbons (Fsp3) is 0.250. The number of carbonyl (C=O) groups excluding carboxylic acids is 1. The molecule has 20 heavy (non-hydrogen) atoms. The number of rotatable bonds is 5. The van der Waals surface area contributed by atoms with E-state index in [0.717, 1.165) is 5.69 Å². The third-order valence-corrected chi connectivity index (χ3v) is 2.78. The van der Waals surface area contributed by atoms with Crippen LogP contribution in [0.1, 0.15) is 36.0 Å². The van der Waals surface area contributed by atoms with Gasteiger partial charge in [0.25, 0.3) is 0 Å². The van der Waals surface area contributed by atoms with Crippen molar-refractivity contribution in [2.45, 2.75) is 20.0 Å². The molecule has 0 aliphatic carbocycles. The Bertz CT molecular complexity index is 552. The van der Waals surface area contributed by atoms with E-state index in [1.54, 1.807) is 37.4 Å². The minimum Gasteiger partial charge on any atom is -0.484 e. The van der Waals surface area contributed by atoms with E-state index < -0.39 is 0 Å². The topological polar surface area (TPSA) is 48.4 Å². The minimum atomic E-state index is -0.322. The lowest BCUT2D eigenvalue weighted by molar-refractivity contribution is 0.0526. The predicted octanol–water partition coefficient (Wildman–Crippen LogP) is 3.40. The highest BCUT2D eigenvalue weighted by Crippen LogP contribution is 2.20. The molecule has 104 valence electrons. The second-order valence-electron chi connectivity index (χ2n) is 4.26. The molecular weight excluding hydrogens is 254 g/mol. The molecular formula is C16H17NO3. The zero-order chi connectivity index (χ0) is 14.4. The van der Waals surface area contributed by atoms with Gasteiger partial charge in [0.1, 0.15) is 11.9 Å². The number of aromatic nitrogens is 1. The maximum absolute atomic E-state index is 11.5. The van der Waals surface area contributed by atoms with Gasteiger partial charge in [-0.1, -0.05) is 6.07 Å². The molecule has 0 bridgehead atoms. The molecule has 0 amide bonds. The van der Waals surface area contributed by atoms with E-state index in [9.17, 15) is 4.79 Å². The van der Waals surface area contributed by atoms with E-state index in [0.29, 0.717) is 17.9 Å². The predicted molar refractivity (Wildman–Crippen MR) is 75.7 cm³/mol. The molecule has 0 aliphatic rings. The summed E-state index contributed by atoms with van der Waals surface area (Å²) in [6.45, 7) is 4.08. The highest BCUT2D eigenvalue weighted by Gasteiger charge is 2.10. The molecule has 2 rings (SSSR count). The van der Waals surface area contributed by atoms with Gasteiger partial charge in [-0.05, 0) is 50.2 Å². The van der Waals surface area contributed by atoms with Gasteiger partial charge in [0, 0.05) is 6.20 Å². The number of pyridine rings is 1. The van der Waals surface area contributed by atoms with Crippen LogP contribution in [0.2, 0.25) is 0 Å². The molecule has 4 heteroatoms. The molecule has 1 aromatic carbocycles. The summed E-state index contributed by atoms with van der Waals surface area (Å²) in [5, 5.41) is 0. The molecule has 0 spiro atoms. The average Bonchev–Trinajstić information content (AvgIpc) is 2.49. The number of carbonyl (C=O) groups is 1. The van der Waals surface area contributed by atoms with Gasteiger partial charge < -0.3 is 9.47 Å². The molecule has 2 aromatic rings. The van der Waals surface area contributed by atoms with Crippen molar-refractivity contribution in [1.82, 2.24) is 4.98 Å². The van der Waals surface area contributed by atoms with Crippen molar-refractivity contribution in [3.63, 3.8) is 0 Å². The second-order valence-corrected chi connectivity index (χ2v) is 4.26. The van der Waals surface area contributed by atoms with Gasteiger partial charge in [0.2, 0.25) is 0 Å². The van der Waals surface area contributed by atoms with E-state index >= 15 is 0 Å². The number of esters is 1. The van der Waals surface area contributed by atoms with Crippen LogP contribution >= 0.6 is 0 Å². The van der Waals surface area contributed by atoms with Crippen molar-refractivity contribution < 1.29 is 14.3 Å². The summed E-state index contributed by atoms with van der Waals surface area (Å²) in [6.07, 6.45) is 1.59. The molecule has 1 atom stereocenters. The third-order valence-electron chi connectivity index (χ3n) is 2.78. The molecule has 0 saturated heterocycles. The fourth-order valence-corrected chi connectivity index (χ4v) is 1.76. The van der Waals surface area contributed by atoms with Crippen molar-refractivity contribution in [2.24, 2.45) is 0 Å². The Labute approximate surface area is 118 Å². The lowest BCUT2D eigenvalue weighted by Crippen LogP contribution is -2.06. The first-order chi connectivity index (χ1) is 9.70. The van der Waals surface area contributed by atoms with Gasteiger partial charge in [0.15, 0.2) is 0 Å². The van der Waals surface area contributed by atoms with Crippen molar-refractivity contribution in [2.75, 3.05) is 6.61 Å². The Balaban J connectivity index is 2.02. The zero-order valence-corrected chi connectivity index (χ0v) is 11.6. The molecule has 0 aliphatic heterocycles. The SMILES string of the molecule is CCOC(=O)c1ccc(OC(C)c2ccccn2)cc1. The number of benzene rings is 1. The van der Waals surface area contributed by atoms with Gasteiger partial charge >= 0.3 is 5.97 Å². The average molecular weight is 271 g/mol. The van der Waals surface area contributed by atoms with E-state index in [4.69, 9.17) is 9.47 Å². The van der Waals surface area contributed by atoms with Crippen molar-refractivity contribution in [3.05, 3.63) is 59.9 Å². The fourth-order valence-electron chi connectivity index (χ4n) is 1.76. The maximum Gasteiger partial charge on any atom is 0.338 e. The smallest absolute Gasteiger partial charge is 0.338 e. The quantitative estimate of drug-likeness (QED) is 0.782. The van der Waals surface area contributed by atoms with Crippen LogP contribution in [-0.4, -0.2) is 17.6 Å². The van der Waals surface area contributed by atoms with Crippen LogP contribution in [0.25, 0.3) is 0 Å². The Hall–Kier alpha value is -2.36. The summed E-state index contributed by atoms with van der Waals surface area (Å²) < 4.78 is 10.7. The molecule has 0 radical (unpaired) electrons. The van der Waals surface area contributed by atoms with E-state index in [1.165, 1.54) is 0 Å². The molecule has 1 aromatic heterocycles. The normalized spacial score (nSPS) is 11.7. The first-order valence-corrected chi connectivity index (χ1v) is 6.55. The monoisotopic (exact) mass is 271 g/mol. The van der Waals surface area contributed by atoms with Gasteiger partial charge in [-0.25, -0.2) is 4.79 Å². The molecule has 1 heterocycles. The summed E-state index contributed by atoms with van der Waals surface area (Å²) >= 11 is 0. The van der Waals surface area contributed by atoms with Crippen LogP contribution in [0.15, 0.2) is 48.7 Å². The van der Waals surface area contributed by atoms with Crippen molar-refractivity contribution >= 4 is 5.97 Å². The third kappa shape index (κ3) is 3.57.